The zero-order valence-electron chi connectivity index (χ0n) is 24.5. The predicted molar refractivity (Wildman–Crippen MR) is 158 cm³/mol. The molecule has 1 heterocycles. The Balaban J connectivity index is 0.000000223. The second kappa shape index (κ2) is 15.9. The second-order valence-corrected chi connectivity index (χ2v) is 10.4. The Hall–Kier alpha value is -4.73. The van der Waals surface area contributed by atoms with Crippen molar-refractivity contribution in [3.05, 3.63) is 108 Å². The molecular formula is C32H38N4O6. The summed E-state index contributed by atoms with van der Waals surface area (Å²) < 4.78 is 15.6. The van der Waals surface area contributed by atoms with E-state index < -0.39 is 23.9 Å². The van der Waals surface area contributed by atoms with Crippen molar-refractivity contribution in [2.24, 2.45) is 10.2 Å². The Morgan fingerprint density at radius 1 is 0.786 bits per heavy atom. The van der Waals surface area contributed by atoms with Gasteiger partial charge in [0.25, 0.3) is 0 Å². The van der Waals surface area contributed by atoms with E-state index >= 15 is 0 Å². The molecule has 10 heteroatoms. The van der Waals surface area contributed by atoms with E-state index in [1.807, 2.05) is 72.8 Å². The van der Waals surface area contributed by atoms with Gasteiger partial charge in [0, 0.05) is 7.05 Å². The van der Waals surface area contributed by atoms with Gasteiger partial charge in [-0.1, -0.05) is 102 Å². The number of allylic oxidation sites excluding steroid dienone is 4. The summed E-state index contributed by atoms with van der Waals surface area (Å²) in [5, 5.41) is 9.23. The number of fused-ring (bicyclic) bond motifs is 2. The van der Waals surface area contributed by atoms with Crippen LogP contribution in [0.5, 0.6) is 0 Å². The quantitative estimate of drug-likeness (QED) is 0.214. The smallest absolute Gasteiger partial charge is 0.443 e. The van der Waals surface area contributed by atoms with Crippen LogP contribution in [0.2, 0.25) is 0 Å². The van der Waals surface area contributed by atoms with Crippen molar-refractivity contribution >= 4 is 18.3 Å². The van der Waals surface area contributed by atoms with Gasteiger partial charge in [-0.3, -0.25) is 0 Å². The molecule has 0 N–H and O–H groups in total. The molecule has 2 aromatic carbocycles. The third-order valence-electron chi connectivity index (χ3n) is 5.91. The average molecular weight is 575 g/mol. The summed E-state index contributed by atoms with van der Waals surface area (Å²) >= 11 is 0. The van der Waals surface area contributed by atoms with E-state index in [0.717, 1.165) is 17.5 Å². The van der Waals surface area contributed by atoms with Crippen molar-refractivity contribution in [1.82, 2.24) is 10.0 Å². The molecule has 2 aromatic rings. The molecule has 5 rings (SSSR count). The van der Waals surface area contributed by atoms with Gasteiger partial charge in [0.15, 0.2) is 0 Å². The number of ether oxygens (including phenoxy) is 3. The summed E-state index contributed by atoms with van der Waals surface area (Å²) in [6.45, 7) is 5.80. The van der Waals surface area contributed by atoms with Crippen LogP contribution in [-0.2, 0) is 27.4 Å². The first-order valence-electron chi connectivity index (χ1n) is 13.7. The van der Waals surface area contributed by atoms with Crippen LogP contribution < -0.4 is 0 Å². The molecule has 0 spiro atoms. The Labute approximate surface area is 246 Å². The molecule has 0 aromatic heterocycles. The highest BCUT2D eigenvalue weighted by molar-refractivity contribution is 5.77. The third-order valence-corrected chi connectivity index (χ3v) is 5.91. The van der Waals surface area contributed by atoms with E-state index in [4.69, 9.17) is 14.2 Å². The van der Waals surface area contributed by atoms with Gasteiger partial charge in [-0.2, -0.15) is 5.11 Å². The molecule has 1 saturated heterocycles. The fraction of sp³-hybridized carbons (Fsp3) is 0.344. The first-order valence-corrected chi connectivity index (χ1v) is 13.7. The van der Waals surface area contributed by atoms with Gasteiger partial charge < -0.3 is 14.2 Å². The lowest BCUT2D eigenvalue weighted by molar-refractivity contribution is -0.0430. The lowest BCUT2D eigenvalue weighted by Crippen LogP contribution is -2.53. The lowest BCUT2D eigenvalue weighted by Gasteiger charge is -2.35. The van der Waals surface area contributed by atoms with Crippen molar-refractivity contribution in [3.63, 3.8) is 0 Å². The molecular weight excluding hydrogens is 536 g/mol. The van der Waals surface area contributed by atoms with Crippen LogP contribution in [0.25, 0.3) is 0 Å². The number of benzene rings is 2. The van der Waals surface area contributed by atoms with Crippen LogP contribution in [0.15, 0.2) is 107 Å². The number of hydrogen-bond acceptors (Lipinski definition) is 7. The molecule has 0 radical (unpaired) electrons. The van der Waals surface area contributed by atoms with E-state index in [-0.39, 0.29) is 25.3 Å². The van der Waals surface area contributed by atoms with Gasteiger partial charge in [-0.15, -0.1) is 0 Å². The van der Waals surface area contributed by atoms with E-state index in [0.29, 0.717) is 6.42 Å². The molecule has 42 heavy (non-hydrogen) atoms. The second-order valence-electron chi connectivity index (χ2n) is 10.4. The van der Waals surface area contributed by atoms with Crippen LogP contribution >= 0.6 is 0 Å². The van der Waals surface area contributed by atoms with Gasteiger partial charge >= 0.3 is 18.3 Å². The van der Waals surface area contributed by atoms with Crippen molar-refractivity contribution in [3.8, 4) is 0 Å². The molecule has 1 fully saturated rings. The first-order chi connectivity index (χ1) is 20.2. The van der Waals surface area contributed by atoms with Crippen LogP contribution in [-0.4, -0.2) is 53.0 Å². The van der Waals surface area contributed by atoms with Crippen LogP contribution in [0.3, 0.4) is 0 Å². The van der Waals surface area contributed by atoms with Gasteiger partial charge in [-0.25, -0.2) is 24.4 Å². The molecule has 2 unspecified atom stereocenters. The number of amides is 3. The number of hydrazine groups is 1. The number of hydrogen-bond donors (Lipinski definition) is 0. The summed E-state index contributed by atoms with van der Waals surface area (Å²) in [5.41, 5.74) is 1.21. The molecule has 222 valence electrons. The van der Waals surface area contributed by atoms with E-state index in [1.54, 1.807) is 20.8 Å². The molecule has 1 aliphatic heterocycles. The molecule has 3 amide bonds. The maximum absolute atomic E-state index is 12.5. The van der Waals surface area contributed by atoms with Crippen LogP contribution in [0.4, 0.5) is 14.4 Å². The van der Waals surface area contributed by atoms with Crippen molar-refractivity contribution in [1.29, 1.82) is 0 Å². The average Bonchev–Trinajstić information content (AvgIpc) is 3.76. The Morgan fingerprint density at radius 2 is 1.29 bits per heavy atom. The highest BCUT2D eigenvalue weighted by atomic mass is 16.6. The normalized spacial score (nSPS) is 17.8. The Kier molecular flexibility index (Phi) is 12.0. The van der Waals surface area contributed by atoms with Gasteiger partial charge in [0.2, 0.25) is 0 Å². The SMILES string of the molecule is C1=CCC=C1.CC(C)(C)OC(=O)N1C2C=CC(C2)N1C(=O)OCc1ccccc1.CN=NC(=O)OCc1ccccc1. The molecule has 3 aliphatic rings. The summed E-state index contributed by atoms with van der Waals surface area (Å²) in [4.78, 5) is 35.7. The summed E-state index contributed by atoms with van der Waals surface area (Å²) in [5.74, 6) is 0. The van der Waals surface area contributed by atoms with E-state index in [1.165, 1.54) is 17.1 Å². The highest BCUT2D eigenvalue weighted by Crippen LogP contribution is 2.34. The summed E-state index contributed by atoms with van der Waals surface area (Å²) in [6, 6.07) is 18.5. The summed E-state index contributed by atoms with van der Waals surface area (Å²) in [6.07, 6.45) is 12.3. The monoisotopic (exact) mass is 574 g/mol. The van der Waals surface area contributed by atoms with Crippen LogP contribution in [0.1, 0.15) is 44.7 Å². The first kappa shape index (κ1) is 31.8. The van der Waals surface area contributed by atoms with Gasteiger partial charge in [0.05, 0.1) is 12.1 Å². The van der Waals surface area contributed by atoms with E-state index in [9.17, 15) is 14.4 Å². The van der Waals surface area contributed by atoms with Crippen molar-refractivity contribution < 1.29 is 28.6 Å². The highest BCUT2D eigenvalue weighted by Gasteiger charge is 2.48. The fourth-order valence-electron chi connectivity index (χ4n) is 4.11. The minimum atomic E-state index is -0.661. The predicted octanol–water partition coefficient (Wildman–Crippen LogP) is 7.40. The molecule has 2 atom stereocenters. The number of nitrogens with zero attached hydrogens (tertiary/aromatic N) is 4. The molecule has 2 bridgehead atoms. The maximum atomic E-state index is 12.5. The van der Waals surface area contributed by atoms with E-state index in [2.05, 4.69) is 34.5 Å². The van der Waals surface area contributed by atoms with Crippen molar-refractivity contribution in [2.75, 3.05) is 7.05 Å². The van der Waals surface area contributed by atoms with Crippen LogP contribution in [0, 0.1) is 0 Å². The number of azo groups is 1. The molecule has 0 saturated carbocycles. The number of carbonyl (C=O) groups excluding carboxylic acids is 3. The number of rotatable bonds is 4. The maximum Gasteiger partial charge on any atom is 0.452 e. The topological polar surface area (TPSA) is 110 Å². The zero-order chi connectivity index (χ0) is 30.4. The standard InChI is InChI=1S/C18H22N2O4.C9H10N2O2.C5H6/c1-18(2,3)24-17(22)20-15-10-9-14(11-15)19(20)16(21)23-12-13-7-5-4-6-8-13;1-10-11-9(12)13-7-8-5-3-2-4-6-8;1-2-4-5-3-1/h4-10,14-15H,11-12H2,1-3H3;2-6H,7H2,1H3;1-4H,5H2. The fourth-order valence-corrected chi connectivity index (χ4v) is 4.11. The lowest BCUT2D eigenvalue weighted by atomic mass is 10.2. The molecule has 10 nitrogen and oxygen atoms in total. The Morgan fingerprint density at radius 3 is 1.74 bits per heavy atom. The number of carbonyl (C=O) groups is 3. The molecule has 2 aliphatic carbocycles. The minimum absolute atomic E-state index is 0.158. The van der Waals surface area contributed by atoms with Gasteiger partial charge in [-0.05, 0) is 44.7 Å². The minimum Gasteiger partial charge on any atom is -0.443 e. The third kappa shape index (κ3) is 10.3. The zero-order valence-corrected chi connectivity index (χ0v) is 24.5. The Bertz CT molecular complexity index is 1280. The van der Waals surface area contributed by atoms with Crippen molar-refractivity contribution in [2.45, 2.75) is 64.5 Å². The largest absolute Gasteiger partial charge is 0.452 e. The van der Waals surface area contributed by atoms with Gasteiger partial charge in [0.1, 0.15) is 18.8 Å². The summed E-state index contributed by atoms with van der Waals surface area (Å²) in [7, 11) is 1.42.